The van der Waals surface area contributed by atoms with Gasteiger partial charge in [-0.1, -0.05) is 30.3 Å². The molecule has 0 radical (unpaired) electrons. The van der Waals surface area contributed by atoms with Gasteiger partial charge in [-0.3, -0.25) is 0 Å². The van der Waals surface area contributed by atoms with Gasteiger partial charge >= 0.3 is 0 Å². The van der Waals surface area contributed by atoms with E-state index in [9.17, 15) is 16.8 Å². The first-order chi connectivity index (χ1) is 19.1. The molecule has 0 atom stereocenters. The second-order valence-electron chi connectivity index (χ2n) is 10.3. The number of anilines is 2. The summed E-state index contributed by atoms with van der Waals surface area (Å²) < 4.78 is 54.2. The molecule has 1 fully saturated rings. The Hall–Kier alpha value is -3.06. The molecule has 212 valence electrons. The van der Waals surface area contributed by atoms with Crippen LogP contribution in [-0.2, 0) is 19.9 Å². The lowest BCUT2D eigenvalue weighted by molar-refractivity contribution is 0.284. The number of sulfonamides is 1. The average Bonchev–Trinajstić information content (AvgIpc) is 3.48. The fourth-order valence-electron chi connectivity index (χ4n) is 4.96. The molecule has 9 nitrogen and oxygen atoms in total. The predicted molar refractivity (Wildman–Crippen MR) is 159 cm³/mol. The third-order valence-corrected chi connectivity index (χ3v) is 12.5. The Labute approximate surface area is 239 Å². The van der Waals surface area contributed by atoms with Crippen LogP contribution in [0.4, 0.5) is 11.8 Å². The first kappa shape index (κ1) is 28.5. The highest BCUT2D eigenvalue weighted by atomic mass is 32.3. The molecule has 2 aromatic heterocycles. The number of thiophene rings is 1. The molecule has 0 saturated heterocycles. The highest BCUT2D eigenvalue weighted by molar-refractivity contribution is 7.95. The number of rotatable bonds is 10. The Kier molecular flexibility index (Phi) is 8.41. The summed E-state index contributed by atoms with van der Waals surface area (Å²) in [4.78, 5) is 11.5. The number of benzene rings is 2. The zero-order valence-corrected chi connectivity index (χ0v) is 24.9. The van der Waals surface area contributed by atoms with E-state index in [1.54, 1.807) is 18.2 Å². The van der Waals surface area contributed by atoms with Crippen molar-refractivity contribution in [1.29, 1.82) is 0 Å². The average molecular weight is 600 g/mol. The van der Waals surface area contributed by atoms with E-state index in [0.29, 0.717) is 18.4 Å². The van der Waals surface area contributed by atoms with Gasteiger partial charge < -0.3 is 10.2 Å². The molecule has 0 unspecified atom stereocenters. The van der Waals surface area contributed by atoms with Gasteiger partial charge in [0.2, 0.25) is 25.8 Å². The quantitative estimate of drug-likeness (QED) is 0.267. The Bertz CT molecular complexity index is 1680. The van der Waals surface area contributed by atoms with Crippen molar-refractivity contribution in [1.82, 2.24) is 14.7 Å². The van der Waals surface area contributed by atoms with E-state index in [1.807, 2.05) is 43.3 Å². The van der Waals surface area contributed by atoms with Gasteiger partial charge in [-0.05, 0) is 73.9 Å². The number of sulfone groups is 1. The molecule has 5 rings (SSSR count). The number of nitrogens with zero attached hydrogens (tertiary/aromatic N) is 3. The summed E-state index contributed by atoms with van der Waals surface area (Å²) >= 11 is 0.775. The second kappa shape index (κ2) is 11.8. The van der Waals surface area contributed by atoms with Crippen molar-refractivity contribution in [2.24, 2.45) is 11.8 Å². The second-order valence-corrected chi connectivity index (χ2v) is 15.5. The van der Waals surface area contributed by atoms with Crippen LogP contribution in [0.2, 0.25) is 0 Å². The molecule has 1 aliphatic carbocycles. The molecule has 1 aliphatic rings. The van der Waals surface area contributed by atoms with Gasteiger partial charge in [-0.25, -0.2) is 26.5 Å². The van der Waals surface area contributed by atoms with Crippen LogP contribution in [0.1, 0.15) is 25.7 Å². The first-order valence-electron chi connectivity index (χ1n) is 13.2. The van der Waals surface area contributed by atoms with E-state index in [4.69, 9.17) is 4.98 Å². The topological polar surface area (TPSA) is 121 Å². The summed E-state index contributed by atoms with van der Waals surface area (Å²) in [5, 5.41) is 4.42. The van der Waals surface area contributed by atoms with Gasteiger partial charge in [0.15, 0.2) is 0 Å². The Morgan fingerprint density at radius 2 is 1.43 bits per heavy atom. The molecule has 40 heavy (non-hydrogen) atoms. The van der Waals surface area contributed by atoms with Crippen LogP contribution in [0.15, 0.2) is 80.0 Å². The normalized spacial score (nSPS) is 18.1. The van der Waals surface area contributed by atoms with Gasteiger partial charge in [0.1, 0.15) is 14.2 Å². The van der Waals surface area contributed by atoms with Crippen molar-refractivity contribution in [2.45, 2.75) is 39.0 Å². The molecular formula is C28H33N5O4S3. The third kappa shape index (κ3) is 6.30. The molecule has 2 aromatic carbocycles. The first-order valence-corrected chi connectivity index (χ1v) is 17.0. The van der Waals surface area contributed by atoms with Crippen molar-refractivity contribution in [3.63, 3.8) is 0 Å². The SMILES string of the molecule is CN(C)c1nc(NCC2CCC(CNS(=O)(=O)c3ccc(S(=O)(=O)c4ccccc4)s3)CC2)nc2ccccc12. The van der Waals surface area contributed by atoms with E-state index in [0.717, 1.165) is 60.3 Å². The zero-order valence-electron chi connectivity index (χ0n) is 22.4. The Balaban J connectivity index is 1.13. The van der Waals surface area contributed by atoms with Crippen molar-refractivity contribution in [2.75, 3.05) is 37.4 Å². The summed E-state index contributed by atoms with van der Waals surface area (Å²) in [7, 11) is -3.61. The van der Waals surface area contributed by atoms with E-state index in [2.05, 4.69) is 15.0 Å². The fourth-order valence-corrected chi connectivity index (χ4v) is 9.31. The summed E-state index contributed by atoms with van der Waals surface area (Å²) in [5.74, 6) is 2.17. The van der Waals surface area contributed by atoms with Crippen LogP contribution in [0.3, 0.4) is 0 Å². The van der Waals surface area contributed by atoms with Gasteiger partial charge in [0, 0.05) is 32.6 Å². The fraction of sp³-hybridized carbons (Fsp3) is 0.357. The molecule has 2 N–H and O–H groups in total. The molecule has 12 heteroatoms. The standard InChI is InChI=1S/C28H33N5O4S3/c1-33(2)27-23-10-6-7-11-24(23)31-28(32-27)29-18-20-12-14-21(15-13-20)19-30-40(36,37)26-17-16-25(38-26)39(34,35)22-8-4-3-5-9-22/h3-11,16-17,20-21,30H,12-15,18-19H2,1-2H3,(H,29,31,32). The molecule has 2 heterocycles. The smallest absolute Gasteiger partial charge is 0.250 e. The highest BCUT2D eigenvalue weighted by Crippen LogP contribution is 2.32. The predicted octanol–water partition coefficient (Wildman–Crippen LogP) is 4.79. The monoisotopic (exact) mass is 599 g/mol. The van der Waals surface area contributed by atoms with E-state index in [1.165, 1.54) is 24.3 Å². The summed E-state index contributed by atoms with van der Waals surface area (Å²) in [5.41, 5.74) is 0.898. The maximum absolute atomic E-state index is 12.9. The lowest BCUT2D eigenvalue weighted by Gasteiger charge is -2.28. The summed E-state index contributed by atoms with van der Waals surface area (Å²) in [6.07, 6.45) is 3.78. The van der Waals surface area contributed by atoms with Crippen LogP contribution in [0.5, 0.6) is 0 Å². The number of para-hydroxylation sites is 1. The number of aromatic nitrogens is 2. The minimum atomic E-state index is -3.80. The third-order valence-electron chi connectivity index (χ3n) is 7.22. The van der Waals surface area contributed by atoms with Crippen LogP contribution in [0.25, 0.3) is 10.9 Å². The summed E-state index contributed by atoms with van der Waals surface area (Å²) in [6, 6.07) is 18.7. The van der Waals surface area contributed by atoms with Crippen LogP contribution in [-0.4, -0.2) is 54.0 Å². The number of nitrogens with one attached hydrogen (secondary N) is 2. The van der Waals surface area contributed by atoms with E-state index >= 15 is 0 Å². The highest BCUT2D eigenvalue weighted by Gasteiger charge is 2.26. The maximum Gasteiger partial charge on any atom is 0.250 e. The van der Waals surface area contributed by atoms with E-state index in [-0.39, 0.29) is 19.2 Å². The van der Waals surface area contributed by atoms with Crippen molar-refractivity contribution in [3.05, 3.63) is 66.7 Å². The van der Waals surface area contributed by atoms with Gasteiger partial charge in [0.05, 0.1) is 10.4 Å². The largest absolute Gasteiger partial charge is 0.362 e. The van der Waals surface area contributed by atoms with Crippen LogP contribution < -0.4 is 14.9 Å². The van der Waals surface area contributed by atoms with E-state index < -0.39 is 19.9 Å². The summed E-state index contributed by atoms with van der Waals surface area (Å²) in [6.45, 7) is 1.10. The molecular weight excluding hydrogens is 567 g/mol. The Morgan fingerprint density at radius 1 is 0.800 bits per heavy atom. The maximum atomic E-state index is 12.9. The minimum absolute atomic E-state index is 0.00682. The number of fused-ring (bicyclic) bond motifs is 1. The lowest BCUT2D eigenvalue weighted by Crippen LogP contribution is -2.32. The molecule has 0 bridgehead atoms. The van der Waals surface area contributed by atoms with Crippen LogP contribution >= 0.6 is 11.3 Å². The Morgan fingerprint density at radius 3 is 2.12 bits per heavy atom. The molecule has 1 saturated carbocycles. The number of hydrogen-bond donors (Lipinski definition) is 2. The molecule has 0 spiro atoms. The number of hydrogen-bond acceptors (Lipinski definition) is 9. The van der Waals surface area contributed by atoms with Crippen LogP contribution in [0, 0.1) is 11.8 Å². The van der Waals surface area contributed by atoms with Gasteiger partial charge in [0.25, 0.3) is 0 Å². The van der Waals surface area contributed by atoms with Crippen molar-refractivity contribution < 1.29 is 16.8 Å². The molecule has 4 aromatic rings. The molecule has 0 amide bonds. The molecule has 0 aliphatic heterocycles. The minimum Gasteiger partial charge on any atom is -0.362 e. The van der Waals surface area contributed by atoms with Crippen molar-refractivity contribution >= 4 is 53.9 Å². The lowest BCUT2D eigenvalue weighted by atomic mass is 9.82. The van der Waals surface area contributed by atoms with Gasteiger partial charge in [-0.15, -0.1) is 11.3 Å². The van der Waals surface area contributed by atoms with Crippen molar-refractivity contribution in [3.8, 4) is 0 Å². The van der Waals surface area contributed by atoms with Gasteiger partial charge in [-0.2, -0.15) is 4.98 Å². The zero-order chi connectivity index (χ0) is 28.3.